The number of rotatable bonds is 5. The Balaban J connectivity index is 1.37. The maximum Gasteiger partial charge on any atom is 0.0949 e. The van der Waals surface area contributed by atoms with Crippen LogP contribution >= 0.6 is 11.6 Å². The molecule has 6 rings (SSSR count). The van der Waals surface area contributed by atoms with E-state index in [4.69, 9.17) is 16.7 Å². The summed E-state index contributed by atoms with van der Waals surface area (Å²) >= 11 is 6.21. The van der Waals surface area contributed by atoms with E-state index in [1.807, 2.05) is 47.6 Å². The molecule has 3 nitrogen and oxygen atoms in total. The number of benzene rings is 5. The van der Waals surface area contributed by atoms with Gasteiger partial charge in [0.2, 0.25) is 0 Å². The molecule has 1 heterocycles. The summed E-state index contributed by atoms with van der Waals surface area (Å²) in [5.74, 6) is 0. The molecule has 178 valence electrons. The molecule has 0 fully saturated rings. The Kier molecular flexibility index (Phi) is 6.28. The van der Waals surface area contributed by atoms with Crippen LogP contribution in [0.2, 0.25) is 5.02 Å². The molecular formula is C33H24ClN3. The van der Waals surface area contributed by atoms with Crippen LogP contribution < -0.4 is 10.5 Å². The molecule has 0 spiro atoms. The second-order valence-electron chi connectivity index (χ2n) is 8.84. The molecule has 0 unspecified atom stereocenters. The number of hydrogen-bond donors (Lipinski definition) is 1. The number of hydrazine groups is 1. The Labute approximate surface area is 222 Å². The standard InChI is InChI=1S/C33H24ClN3/c34-30-15-7-13-28(21-30)25-17-19-27(20-18-25)33-23-32(26-11-5-2-6-12-26)35-37(36-33)31-16-8-14-29(22-31)24-9-3-1-4-10-24/h1-23,36H. The fourth-order valence-electron chi connectivity index (χ4n) is 4.42. The highest BCUT2D eigenvalue weighted by Crippen LogP contribution is 2.29. The highest BCUT2D eigenvalue weighted by atomic mass is 35.5. The van der Waals surface area contributed by atoms with Crippen molar-refractivity contribution in [2.45, 2.75) is 0 Å². The molecule has 0 atom stereocenters. The van der Waals surface area contributed by atoms with Crippen LogP contribution in [0.5, 0.6) is 0 Å². The SMILES string of the molecule is Clc1cccc(-c2ccc(C3=CC(c4ccccc4)=NN(c4cccc(-c5ccccc5)c4)N3)cc2)c1. The number of anilines is 1. The van der Waals surface area contributed by atoms with Gasteiger partial charge in [0, 0.05) is 10.6 Å². The molecule has 4 heteroatoms. The van der Waals surface area contributed by atoms with E-state index in [9.17, 15) is 0 Å². The first kappa shape index (κ1) is 22.8. The van der Waals surface area contributed by atoms with Gasteiger partial charge in [0.05, 0.1) is 17.1 Å². The minimum absolute atomic E-state index is 0.732. The molecule has 1 aliphatic rings. The number of nitrogens with zero attached hydrogens (tertiary/aromatic N) is 2. The van der Waals surface area contributed by atoms with Crippen molar-refractivity contribution in [3.8, 4) is 22.3 Å². The van der Waals surface area contributed by atoms with Gasteiger partial charge in [-0.25, -0.2) is 0 Å². The van der Waals surface area contributed by atoms with Crippen LogP contribution in [-0.2, 0) is 0 Å². The van der Waals surface area contributed by atoms with Gasteiger partial charge in [-0.05, 0) is 58.2 Å². The quantitative estimate of drug-likeness (QED) is 0.264. The number of nitrogens with one attached hydrogen (secondary N) is 1. The van der Waals surface area contributed by atoms with Crippen molar-refractivity contribution in [2.24, 2.45) is 5.10 Å². The van der Waals surface area contributed by atoms with Crippen LogP contribution in [0, 0.1) is 0 Å². The lowest BCUT2D eigenvalue weighted by molar-refractivity contribution is 0.787. The van der Waals surface area contributed by atoms with E-state index >= 15 is 0 Å². The van der Waals surface area contributed by atoms with Gasteiger partial charge >= 0.3 is 0 Å². The van der Waals surface area contributed by atoms with Gasteiger partial charge in [-0.1, -0.05) is 121 Å². The second-order valence-corrected chi connectivity index (χ2v) is 9.27. The van der Waals surface area contributed by atoms with Gasteiger partial charge in [-0.2, -0.15) is 10.2 Å². The second kappa shape index (κ2) is 10.2. The Bertz CT molecular complexity index is 1590. The predicted octanol–water partition coefficient (Wildman–Crippen LogP) is 8.44. The van der Waals surface area contributed by atoms with Gasteiger partial charge in [0.15, 0.2) is 0 Å². The summed E-state index contributed by atoms with van der Waals surface area (Å²) in [7, 11) is 0. The van der Waals surface area contributed by atoms with Crippen molar-refractivity contribution in [1.29, 1.82) is 0 Å². The van der Waals surface area contributed by atoms with Crippen LogP contribution in [0.15, 0.2) is 145 Å². The molecule has 5 aromatic carbocycles. The summed E-state index contributed by atoms with van der Waals surface area (Å²) in [5, 5.41) is 7.54. The molecule has 0 amide bonds. The molecule has 1 N–H and O–H groups in total. The Morgan fingerprint density at radius 2 is 1.08 bits per heavy atom. The largest absolute Gasteiger partial charge is 0.277 e. The summed E-state index contributed by atoms with van der Waals surface area (Å²) in [5.41, 5.74) is 13.0. The van der Waals surface area contributed by atoms with E-state index in [0.29, 0.717) is 0 Å². The molecular weight excluding hydrogens is 474 g/mol. The number of hydrogen-bond acceptors (Lipinski definition) is 3. The summed E-state index contributed by atoms with van der Waals surface area (Å²) < 4.78 is 0. The first-order valence-electron chi connectivity index (χ1n) is 12.2. The van der Waals surface area contributed by atoms with Gasteiger partial charge in [-0.3, -0.25) is 5.43 Å². The molecule has 0 radical (unpaired) electrons. The normalized spacial score (nSPS) is 12.9. The number of halogens is 1. The lowest BCUT2D eigenvalue weighted by Crippen LogP contribution is -2.36. The van der Waals surface area contributed by atoms with E-state index in [-0.39, 0.29) is 0 Å². The highest BCUT2D eigenvalue weighted by molar-refractivity contribution is 6.30. The molecule has 0 bridgehead atoms. The third kappa shape index (κ3) is 5.04. The average Bonchev–Trinajstić information content (AvgIpc) is 2.98. The van der Waals surface area contributed by atoms with Crippen molar-refractivity contribution in [3.05, 3.63) is 156 Å². The zero-order valence-corrected chi connectivity index (χ0v) is 20.8. The van der Waals surface area contributed by atoms with Crippen molar-refractivity contribution in [3.63, 3.8) is 0 Å². The lowest BCUT2D eigenvalue weighted by atomic mass is 10.0. The summed E-state index contributed by atoms with van der Waals surface area (Å²) in [6.07, 6.45) is 2.10. The van der Waals surface area contributed by atoms with Crippen LogP contribution in [0.4, 0.5) is 5.69 Å². The maximum atomic E-state index is 6.21. The minimum Gasteiger partial charge on any atom is -0.277 e. The highest BCUT2D eigenvalue weighted by Gasteiger charge is 2.18. The minimum atomic E-state index is 0.732. The third-order valence-corrected chi connectivity index (χ3v) is 6.57. The van der Waals surface area contributed by atoms with Crippen molar-refractivity contribution in [2.75, 3.05) is 5.12 Å². The fraction of sp³-hybridized carbons (Fsp3) is 0. The Morgan fingerprint density at radius 3 is 1.78 bits per heavy atom. The molecule has 1 aliphatic heterocycles. The molecule has 0 saturated carbocycles. The van der Waals surface area contributed by atoms with E-state index in [1.165, 1.54) is 5.56 Å². The van der Waals surface area contributed by atoms with Crippen LogP contribution in [0.25, 0.3) is 28.0 Å². The van der Waals surface area contributed by atoms with Gasteiger partial charge in [0.25, 0.3) is 0 Å². The molecule has 0 aliphatic carbocycles. The first-order chi connectivity index (χ1) is 18.2. The monoisotopic (exact) mass is 497 g/mol. The molecule has 0 aromatic heterocycles. The maximum absolute atomic E-state index is 6.21. The average molecular weight is 498 g/mol. The van der Waals surface area contributed by atoms with Crippen molar-refractivity contribution in [1.82, 2.24) is 5.43 Å². The summed E-state index contributed by atoms with van der Waals surface area (Å²) in [4.78, 5) is 0. The van der Waals surface area contributed by atoms with Crippen LogP contribution in [0.3, 0.4) is 0 Å². The van der Waals surface area contributed by atoms with Crippen LogP contribution in [0.1, 0.15) is 11.1 Å². The van der Waals surface area contributed by atoms with Crippen molar-refractivity contribution < 1.29 is 0 Å². The zero-order valence-electron chi connectivity index (χ0n) is 20.1. The number of allylic oxidation sites excluding steroid dienone is 1. The molecule has 37 heavy (non-hydrogen) atoms. The topological polar surface area (TPSA) is 27.6 Å². The third-order valence-electron chi connectivity index (χ3n) is 6.34. The first-order valence-corrected chi connectivity index (χ1v) is 12.6. The van der Waals surface area contributed by atoms with E-state index in [1.54, 1.807) is 0 Å². The number of hydrazone groups is 1. The molecule has 0 saturated heterocycles. The summed E-state index contributed by atoms with van der Waals surface area (Å²) in [6, 6.07) is 45.5. The Morgan fingerprint density at radius 1 is 0.514 bits per heavy atom. The van der Waals surface area contributed by atoms with E-state index in [0.717, 1.165) is 49.9 Å². The lowest BCUT2D eigenvalue weighted by Gasteiger charge is -2.28. The smallest absolute Gasteiger partial charge is 0.0949 e. The molecule has 5 aromatic rings. The van der Waals surface area contributed by atoms with Gasteiger partial charge in [-0.15, -0.1) is 0 Å². The summed E-state index contributed by atoms with van der Waals surface area (Å²) in [6.45, 7) is 0. The Hall–Kier alpha value is -4.60. The predicted molar refractivity (Wildman–Crippen MR) is 155 cm³/mol. The van der Waals surface area contributed by atoms with Gasteiger partial charge < -0.3 is 0 Å². The van der Waals surface area contributed by atoms with E-state index in [2.05, 4.69) is 102 Å². The zero-order chi connectivity index (χ0) is 25.0. The van der Waals surface area contributed by atoms with Crippen molar-refractivity contribution >= 4 is 28.7 Å². The fourth-order valence-corrected chi connectivity index (χ4v) is 4.61. The van der Waals surface area contributed by atoms with E-state index < -0.39 is 0 Å². The van der Waals surface area contributed by atoms with Crippen LogP contribution in [-0.4, -0.2) is 5.71 Å². The van der Waals surface area contributed by atoms with Gasteiger partial charge in [0.1, 0.15) is 0 Å².